The minimum Gasteiger partial charge on any atom is -0.347 e. The molecule has 0 saturated carbocycles. The number of carbonyl (C=O) groups is 2. The van der Waals surface area contributed by atoms with Crippen LogP contribution >= 0.6 is 11.3 Å². The average molecular weight is 318 g/mol. The molecule has 0 spiro atoms. The van der Waals surface area contributed by atoms with Gasteiger partial charge in [0.15, 0.2) is 0 Å². The van der Waals surface area contributed by atoms with Crippen LogP contribution in [0.3, 0.4) is 0 Å². The van der Waals surface area contributed by atoms with Gasteiger partial charge in [0.1, 0.15) is 11.9 Å². The summed E-state index contributed by atoms with van der Waals surface area (Å²) < 4.78 is 13.1. The summed E-state index contributed by atoms with van der Waals surface area (Å²) in [4.78, 5) is 27.3. The molecule has 112 valence electrons. The molecular formula is C14H11FN4O2S. The molecule has 0 aliphatic rings. The number of hydrogen-bond acceptors (Lipinski definition) is 5. The van der Waals surface area contributed by atoms with Crippen LogP contribution in [-0.4, -0.2) is 23.3 Å². The van der Waals surface area contributed by atoms with Gasteiger partial charge in [-0.1, -0.05) is 0 Å². The minimum atomic E-state index is -0.880. The van der Waals surface area contributed by atoms with Crippen molar-refractivity contribution in [2.45, 2.75) is 6.42 Å². The third-order valence-electron chi connectivity index (χ3n) is 2.66. The lowest BCUT2D eigenvalue weighted by atomic mass is 10.2. The zero-order chi connectivity index (χ0) is 15.9. The summed E-state index contributed by atoms with van der Waals surface area (Å²) in [5.74, 6) is -2.37. The summed E-state index contributed by atoms with van der Waals surface area (Å²) in [5, 5.41) is 16.2. The molecule has 2 rings (SSSR count). The fraction of sp³-hybridized carbons (Fsp3) is 0.143. The van der Waals surface area contributed by atoms with E-state index in [1.165, 1.54) is 17.4 Å². The summed E-state index contributed by atoms with van der Waals surface area (Å²) in [6.45, 7) is 0.284. The first kappa shape index (κ1) is 15.6. The second kappa shape index (κ2) is 7.28. The Labute approximate surface area is 129 Å². The molecular weight excluding hydrogens is 307 g/mol. The number of nitriles is 1. The summed E-state index contributed by atoms with van der Waals surface area (Å²) in [6.07, 6.45) is 2.20. The maximum absolute atomic E-state index is 13.1. The molecule has 0 atom stereocenters. The zero-order valence-electron chi connectivity index (χ0n) is 11.3. The van der Waals surface area contributed by atoms with Crippen molar-refractivity contribution >= 4 is 28.8 Å². The number of hydrogen-bond donors (Lipinski definition) is 2. The number of aromatic nitrogens is 1. The second-order valence-corrected chi connectivity index (χ2v) is 5.17. The van der Waals surface area contributed by atoms with E-state index in [0.717, 1.165) is 17.1 Å². The van der Waals surface area contributed by atoms with Crippen molar-refractivity contribution in [2.75, 3.05) is 11.9 Å². The molecule has 2 N–H and O–H groups in total. The van der Waals surface area contributed by atoms with E-state index < -0.39 is 17.6 Å². The van der Waals surface area contributed by atoms with Gasteiger partial charge in [0.05, 0.1) is 10.6 Å². The van der Waals surface area contributed by atoms with Crippen molar-refractivity contribution in [1.82, 2.24) is 10.3 Å². The van der Waals surface area contributed by atoms with Gasteiger partial charge in [0.2, 0.25) is 0 Å². The number of rotatable bonds is 4. The highest BCUT2D eigenvalue weighted by Crippen LogP contribution is 2.13. The molecule has 0 unspecified atom stereocenters. The highest BCUT2D eigenvalue weighted by molar-refractivity contribution is 7.09. The molecule has 1 heterocycles. The summed E-state index contributed by atoms with van der Waals surface area (Å²) in [6, 6.07) is 5.14. The monoisotopic (exact) mass is 318 g/mol. The fourth-order valence-electron chi connectivity index (χ4n) is 1.62. The Morgan fingerprint density at radius 3 is 2.86 bits per heavy atom. The number of benzene rings is 1. The number of nitrogens with zero attached hydrogens (tertiary/aromatic N) is 2. The van der Waals surface area contributed by atoms with Gasteiger partial charge in [-0.2, -0.15) is 5.26 Å². The van der Waals surface area contributed by atoms with Crippen molar-refractivity contribution in [1.29, 1.82) is 5.26 Å². The van der Waals surface area contributed by atoms with Crippen LogP contribution in [0.1, 0.15) is 10.6 Å². The number of thiazole rings is 1. The highest BCUT2D eigenvalue weighted by atomic mass is 32.1. The number of carbonyl (C=O) groups excluding carboxylic acids is 2. The first-order valence-corrected chi connectivity index (χ1v) is 7.15. The third-order valence-corrected chi connectivity index (χ3v) is 3.50. The minimum absolute atomic E-state index is 0.179. The zero-order valence-corrected chi connectivity index (χ0v) is 12.1. The van der Waals surface area contributed by atoms with E-state index >= 15 is 0 Å². The predicted molar refractivity (Wildman–Crippen MR) is 78.6 cm³/mol. The molecule has 1 aromatic heterocycles. The Kier molecular flexibility index (Phi) is 5.16. The van der Waals surface area contributed by atoms with Crippen molar-refractivity contribution in [3.63, 3.8) is 0 Å². The van der Waals surface area contributed by atoms with Gasteiger partial charge >= 0.3 is 11.8 Å². The molecule has 0 bridgehead atoms. The Morgan fingerprint density at radius 2 is 2.18 bits per heavy atom. The van der Waals surface area contributed by atoms with Crippen LogP contribution < -0.4 is 10.6 Å². The molecule has 8 heteroatoms. The first-order valence-electron chi connectivity index (χ1n) is 6.27. The molecule has 0 aliphatic carbocycles. The Morgan fingerprint density at radius 1 is 1.36 bits per heavy atom. The largest absolute Gasteiger partial charge is 0.347 e. The maximum Gasteiger partial charge on any atom is 0.313 e. The predicted octanol–water partition coefficient (Wildman–Crippen LogP) is 1.45. The lowest BCUT2D eigenvalue weighted by molar-refractivity contribution is -0.136. The van der Waals surface area contributed by atoms with Crippen molar-refractivity contribution in [2.24, 2.45) is 0 Å². The van der Waals surface area contributed by atoms with Crippen molar-refractivity contribution in [3.8, 4) is 6.07 Å². The van der Waals surface area contributed by atoms with Gasteiger partial charge < -0.3 is 10.6 Å². The summed E-state index contributed by atoms with van der Waals surface area (Å²) in [5.41, 5.74) is -0.0278. The fourth-order valence-corrected chi connectivity index (χ4v) is 2.24. The Balaban J connectivity index is 1.86. The lowest BCUT2D eigenvalue weighted by Crippen LogP contribution is -2.36. The van der Waals surface area contributed by atoms with E-state index in [9.17, 15) is 14.0 Å². The number of nitrogens with one attached hydrogen (secondary N) is 2. The van der Waals surface area contributed by atoms with Crippen LogP contribution in [0.15, 0.2) is 29.8 Å². The molecule has 0 fully saturated rings. The Bertz CT molecular complexity index is 725. The third kappa shape index (κ3) is 4.10. The van der Waals surface area contributed by atoms with E-state index in [0.29, 0.717) is 6.42 Å². The van der Waals surface area contributed by atoms with E-state index in [1.54, 1.807) is 12.3 Å². The lowest BCUT2D eigenvalue weighted by Gasteiger charge is -2.06. The van der Waals surface area contributed by atoms with Gasteiger partial charge in [0, 0.05) is 30.2 Å². The molecule has 2 aromatic rings. The van der Waals surface area contributed by atoms with E-state index in [4.69, 9.17) is 5.26 Å². The molecule has 0 saturated heterocycles. The quantitative estimate of drug-likeness (QED) is 0.834. The van der Waals surface area contributed by atoms with E-state index in [1.807, 2.05) is 5.38 Å². The normalized spacial score (nSPS) is 9.82. The van der Waals surface area contributed by atoms with Crippen LogP contribution in [0.4, 0.5) is 10.1 Å². The van der Waals surface area contributed by atoms with Crippen LogP contribution in [0, 0.1) is 17.1 Å². The van der Waals surface area contributed by atoms with E-state index in [-0.39, 0.29) is 17.8 Å². The van der Waals surface area contributed by atoms with Crippen LogP contribution in [0.2, 0.25) is 0 Å². The molecule has 1 aromatic carbocycles. The first-order chi connectivity index (χ1) is 10.6. The van der Waals surface area contributed by atoms with Crippen LogP contribution in [0.25, 0.3) is 0 Å². The molecule has 0 radical (unpaired) electrons. The molecule has 6 nitrogen and oxygen atoms in total. The summed E-state index contributed by atoms with van der Waals surface area (Å²) in [7, 11) is 0. The molecule has 2 amide bonds. The number of anilines is 1. The van der Waals surface area contributed by atoms with Gasteiger partial charge in [0.25, 0.3) is 0 Å². The van der Waals surface area contributed by atoms with Crippen molar-refractivity contribution in [3.05, 3.63) is 46.2 Å². The van der Waals surface area contributed by atoms with Gasteiger partial charge in [-0.3, -0.25) is 9.59 Å². The van der Waals surface area contributed by atoms with Gasteiger partial charge in [-0.25, -0.2) is 9.37 Å². The van der Waals surface area contributed by atoms with E-state index in [2.05, 4.69) is 15.6 Å². The van der Waals surface area contributed by atoms with Gasteiger partial charge in [-0.15, -0.1) is 11.3 Å². The molecule has 22 heavy (non-hydrogen) atoms. The topological polar surface area (TPSA) is 94.9 Å². The van der Waals surface area contributed by atoms with Crippen LogP contribution in [0.5, 0.6) is 0 Å². The average Bonchev–Trinajstić information content (AvgIpc) is 3.02. The Hall–Kier alpha value is -2.79. The summed E-state index contributed by atoms with van der Waals surface area (Å²) >= 11 is 1.46. The second-order valence-electron chi connectivity index (χ2n) is 4.19. The smallest absolute Gasteiger partial charge is 0.313 e. The number of amides is 2. The van der Waals surface area contributed by atoms with Crippen molar-refractivity contribution < 1.29 is 14.0 Å². The van der Waals surface area contributed by atoms with Crippen LogP contribution in [-0.2, 0) is 16.0 Å². The standard InChI is InChI=1S/C14H11FN4O2S/c15-11-2-1-10(7-9(11)8-16)19-14(21)13(20)18-4-3-12-17-5-6-22-12/h1-2,5-7H,3-4H2,(H,18,20)(H,19,21). The maximum atomic E-state index is 13.1. The van der Waals surface area contributed by atoms with Gasteiger partial charge in [-0.05, 0) is 18.2 Å². The SMILES string of the molecule is N#Cc1cc(NC(=O)C(=O)NCCc2nccs2)ccc1F. The highest BCUT2D eigenvalue weighted by Gasteiger charge is 2.14. The number of halogens is 1. The molecule has 0 aliphatic heterocycles.